The molecule has 0 spiro atoms. The van der Waals surface area contributed by atoms with Crippen molar-refractivity contribution in [1.29, 1.82) is 0 Å². The molecule has 30 heavy (non-hydrogen) atoms. The molecule has 1 unspecified atom stereocenters. The molecule has 2 heterocycles. The van der Waals surface area contributed by atoms with E-state index in [0.717, 1.165) is 0 Å². The summed E-state index contributed by atoms with van der Waals surface area (Å²) in [5.74, 6) is 0.126. The summed E-state index contributed by atoms with van der Waals surface area (Å²) in [5.41, 5.74) is 0.382. The van der Waals surface area contributed by atoms with Gasteiger partial charge in [0.1, 0.15) is 25.1 Å². The first-order valence-electron chi connectivity index (χ1n) is 9.78. The molecule has 7 nitrogen and oxygen atoms in total. The number of carbonyl (C=O) groups excluding carboxylic acids is 1. The summed E-state index contributed by atoms with van der Waals surface area (Å²) in [6.45, 7) is 1.08. The smallest absolute Gasteiger partial charge is 0.243 e. The van der Waals surface area contributed by atoms with E-state index in [4.69, 9.17) is 9.47 Å². The summed E-state index contributed by atoms with van der Waals surface area (Å²) < 4.78 is 52.7. The fourth-order valence-corrected chi connectivity index (χ4v) is 5.48. The maximum atomic E-state index is 13.9. The largest absolute Gasteiger partial charge is 0.486 e. The number of hydrogen-bond donors (Lipinski definition) is 0. The molecule has 160 valence electrons. The summed E-state index contributed by atoms with van der Waals surface area (Å²) in [5, 5.41) is 0. The Morgan fingerprint density at radius 2 is 1.90 bits per heavy atom. The second kappa shape index (κ2) is 8.23. The Kier molecular flexibility index (Phi) is 5.66. The van der Waals surface area contributed by atoms with Crippen LogP contribution < -0.4 is 9.47 Å². The Morgan fingerprint density at radius 1 is 1.17 bits per heavy atom. The van der Waals surface area contributed by atoms with Gasteiger partial charge in [-0.2, -0.15) is 4.31 Å². The molecule has 0 bridgehead atoms. The van der Waals surface area contributed by atoms with Gasteiger partial charge in [-0.3, -0.25) is 4.79 Å². The van der Waals surface area contributed by atoms with Crippen molar-refractivity contribution in [1.82, 2.24) is 9.21 Å². The second-order valence-corrected chi connectivity index (χ2v) is 9.26. The highest BCUT2D eigenvalue weighted by Gasteiger charge is 2.41. The first kappa shape index (κ1) is 20.6. The number of likely N-dealkylation sites (N-methyl/N-ethyl adjacent to an activating group) is 1. The number of nitrogens with zero attached hydrogens (tertiary/aromatic N) is 2. The summed E-state index contributed by atoms with van der Waals surface area (Å²) in [6, 6.07) is 9.88. The van der Waals surface area contributed by atoms with Crippen LogP contribution in [0.25, 0.3) is 0 Å². The fraction of sp³-hybridized carbons (Fsp3) is 0.381. The number of ether oxygens (including phenoxy) is 2. The van der Waals surface area contributed by atoms with Crippen LogP contribution >= 0.6 is 0 Å². The highest BCUT2D eigenvalue weighted by molar-refractivity contribution is 7.89. The van der Waals surface area contributed by atoms with Crippen LogP contribution in [0.15, 0.2) is 47.4 Å². The summed E-state index contributed by atoms with van der Waals surface area (Å²) in [4.78, 5) is 14.5. The lowest BCUT2D eigenvalue weighted by Gasteiger charge is -2.28. The van der Waals surface area contributed by atoms with Crippen molar-refractivity contribution in [2.24, 2.45) is 0 Å². The minimum atomic E-state index is -3.90. The second-order valence-electron chi connectivity index (χ2n) is 7.36. The molecule has 0 saturated carbocycles. The lowest BCUT2D eigenvalue weighted by Crippen LogP contribution is -2.46. The number of benzene rings is 2. The van der Waals surface area contributed by atoms with Gasteiger partial charge in [-0.25, -0.2) is 12.8 Å². The number of fused-ring (bicyclic) bond motifs is 1. The molecular weight excluding hydrogens is 411 g/mol. The zero-order chi connectivity index (χ0) is 21.3. The zero-order valence-corrected chi connectivity index (χ0v) is 17.4. The molecule has 2 aromatic rings. The van der Waals surface area contributed by atoms with Gasteiger partial charge in [-0.1, -0.05) is 18.2 Å². The van der Waals surface area contributed by atoms with E-state index in [1.54, 1.807) is 31.3 Å². The highest BCUT2D eigenvalue weighted by Crippen LogP contribution is 2.35. The average Bonchev–Trinajstić information content (AvgIpc) is 3.25. The SMILES string of the molecule is CN(Cc1ccccc1F)C(=O)C1CCCN1S(=O)(=O)c1ccc2c(c1)OCCO2. The van der Waals surface area contributed by atoms with Gasteiger partial charge < -0.3 is 14.4 Å². The lowest BCUT2D eigenvalue weighted by atomic mass is 10.1. The number of hydrogen-bond acceptors (Lipinski definition) is 5. The van der Waals surface area contributed by atoms with Crippen LogP contribution in [-0.4, -0.2) is 56.4 Å². The van der Waals surface area contributed by atoms with Crippen molar-refractivity contribution < 1.29 is 27.1 Å². The lowest BCUT2D eigenvalue weighted by molar-refractivity contribution is -0.133. The van der Waals surface area contributed by atoms with E-state index < -0.39 is 21.9 Å². The third-order valence-electron chi connectivity index (χ3n) is 5.35. The molecule has 2 aliphatic rings. The Morgan fingerprint density at radius 3 is 2.67 bits per heavy atom. The molecule has 1 saturated heterocycles. The van der Waals surface area contributed by atoms with Crippen LogP contribution in [0.5, 0.6) is 11.5 Å². The van der Waals surface area contributed by atoms with E-state index in [0.29, 0.717) is 43.1 Å². The third-order valence-corrected chi connectivity index (χ3v) is 7.25. The van der Waals surface area contributed by atoms with E-state index in [1.165, 1.54) is 27.4 Å². The molecule has 1 fully saturated rings. The van der Waals surface area contributed by atoms with Crippen LogP contribution in [-0.2, 0) is 21.4 Å². The number of sulfonamides is 1. The van der Waals surface area contributed by atoms with Crippen LogP contribution in [0.2, 0.25) is 0 Å². The molecule has 0 aliphatic carbocycles. The quantitative estimate of drug-likeness (QED) is 0.723. The maximum absolute atomic E-state index is 13.9. The third kappa shape index (κ3) is 3.87. The topological polar surface area (TPSA) is 76.2 Å². The normalized spacial score (nSPS) is 18.9. The van der Waals surface area contributed by atoms with Crippen molar-refractivity contribution in [2.75, 3.05) is 26.8 Å². The van der Waals surface area contributed by atoms with Gasteiger partial charge in [0.25, 0.3) is 0 Å². The van der Waals surface area contributed by atoms with Gasteiger partial charge in [0.05, 0.1) is 4.90 Å². The maximum Gasteiger partial charge on any atom is 0.243 e. The Balaban J connectivity index is 1.55. The van der Waals surface area contributed by atoms with Gasteiger partial charge in [-0.05, 0) is 31.0 Å². The van der Waals surface area contributed by atoms with Crippen LogP contribution in [0.1, 0.15) is 18.4 Å². The van der Waals surface area contributed by atoms with Gasteiger partial charge >= 0.3 is 0 Å². The van der Waals surface area contributed by atoms with Crippen molar-refractivity contribution >= 4 is 15.9 Å². The minimum absolute atomic E-state index is 0.0585. The zero-order valence-electron chi connectivity index (χ0n) is 16.6. The molecule has 9 heteroatoms. The van der Waals surface area contributed by atoms with Crippen molar-refractivity contribution in [3.63, 3.8) is 0 Å². The number of carbonyl (C=O) groups is 1. The highest BCUT2D eigenvalue weighted by atomic mass is 32.2. The fourth-order valence-electron chi connectivity index (χ4n) is 3.81. The summed E-state index contributed by atoms with van der Waals surface area (Å²) in [7, 11) is -2.35. The minimum Gasteiger partial charge on any atom is -0.486 e. The predicted octanol–water partition coefficient (Wildman–Crippen LogP) is 2.41. The summed E-state index contributed by atoms with van der Waals surface area (Å²) >= 11 is 0. The van der Waals surface area contributed by atoms with E-state index in [2.05, 4.69) is 0 Å². The molecular formula is C21H23FN2O5S. The standard InChI is InChI=1S/C21H23FN2O5S/c1-23(14-15-5-2-3-6-17(15)22)21(25)18-7-4-10-24(18)30(26,27)16-8-9-19-20(13-16)29-12-11-28-19/h2-3,5-6,8-9,13,18H,4,7,10-12,14H2,1H3. The number of rotatable bonds is 5. The van der Waals surface area contributed by atoms with Crippen LogP contribution in [0.4, 0.5) is 4.39 Å². The van der Waals surface area contributed by atoms with Gasteiger partial charge in [0.15, 0.2) is 11.5 Å². The molecule has 2 aliphatic heterocycles. The van der Waals surface area contributed by atoms with Crippen LogP contribution in [0.3, 0.4) is 0 Å². The van der Waals surface area contributed by atoms with Crippen molar-refractivity contribution in [2.45, 2.75) is 30.3 Å². The number of amides is 1. The predicted molar refractivity (Wildman–Crippen MR) is 107 cm³/mol. The summed E-state index contributed by atoms with van der Waals surface area (Å²) in [6.07, 6.45) is 0.998. The monoisotopic (exact) mass is 434 g/mol. The Hall–Kier alpha value is -2.65. The Labute approximate surface area is 175 Å². The van der Waals surface area contributed by atoms with E-state index in [1.807, 2.05) is 0 Å². The van der Waals surface area contributed by atoms with E-state index in [9.17, 15) is 17.6 Å². The molecule has 1 amide bonds. The molecule has 4 rings (SSSR count). The van der Waals surface area contributed by atoms with Crippen LogP contribution in [0, 0.1) is 5.82 Å². The number of halogens is 1. The molecule has 1 atom stereocenters. The van der Waals surface area contributed by atoms with Gasteiger partial charge in [-0.15, -0.1) is 0 Å². The first-order chi connectivity index (χ1) is 14.4. The van der Waals surface area contributed by atoms with E-state index >= 15 is 0 Å². The molecule has 2 aromatic carbocycles. The average molecular weight is 434 g/mol. The van der Waals surface area contributed by atoms with Gasteiger partial charge in [0, 0.05) is 31.8 Å². The Bertz CT molecular complexity index is 1060. The first-order valence-corrected chi connectivity index (χ1v) is 11.2. The van der Waals surface area contributed by atoms with Gasteiger partial charge in [0.2, 0.25) is 15.9 Å². The molecule has 0 N–H and O–H groups in total. The molecule has 0 aromatic heterocycles. The van der Waals surface area contributed by atoms with Crippen molar-refractivity contribution in [3.05, 3.63) is 53.8 Å². The van der Waals surface area contributed by atoms with E-state index in [-0.39, 0.29) is 23.9 Å². The molecule has 0 radical (unpaired) electrons. The van der Waals surface area contributed by atoms with Crippen molar-refractivity contribution in [3.8, 4) is 11.5 Å².